The van der Waals surface area contributed by atoms with Gasteiger partial charge in [0.1, 0.15) is 5.75 Å². The molecular formula is C15H22N2O3. The normalized spacial score (nSPS) is 16.1. The number of ether oxygens (including phenoxy) is 1. The Balaban J connectivity index is 1.49. The molecule has 5 heteroatoms. The van der Waals surface area contributed by atoms with Crippen LogP contribution in [-0.2, 0) is 0 Å². The van der Waals surface area contributed by atoms with Gasteiger partial charge in [0, 0.05) is 13.1 Å². The summed E-state index contributed by atoms with van der Waals surface area (Å²) < 4.78 is 5.52. The number of amides is 2. The molecule has 5 nitrogen and oxygen atoms in total. The van der Waals surface area contributed by atoms with Gasteiger partial charge in [-0.05, 0) is 37.8 Å². The second-order valence-corrected chi connectivity index (χ2v) is 5.20. The highest BCUT2D eigenvalue weighted by Crippen LogP contribution is 2.30. The zero-order chi connectivity index (χ0) is 14.3. The van der Waals surface area contributed by atoms with Crippen LogP contribution >= 0.6 is 0 Å². The molecule has 0 saturated heterocycles. The average Bonchev–Trinajstić information content (AvgIpc) is 2.44. The Morgan fingerprint density at radius 1 is 1.25 bits per heavy atom. The Morgan fingerprint density at radius 3 is 2.65 bits per heavy atom. The second-order valence-electron chi connectivity index (χ2n) is 5.20. The Kier molecular flexibility index (Phi) is 5.24. The van der Waals surface area contributed by atoms with Crippen molar-refractivity contribution in [3.05, 3.63) is 30.3 Å². The van der Waals surface area contributed by atoms with Crippen LogP contribution in [-0.4, -0.2) is 36.4 Å². The van der Waals surface area contributed by atoms with E-state index in [1.165, 1.54) is 0 Å². The Bertz CT molecular complexity index is 418. The third-order valence-corrected chi connectivity index (χ3v) is 3.48. The smallest absolute Gasteiger partial charge is 0.314 e. The first-order valence-corrected chi connectivity index (χ1v) is 7.10. The predicted octanol–water partition coefficient (Wildman–Crippen LogP) is 1.67. The molecular weight excluding hydrogens is 256 g/mol. The number of para-hydroxylation sites is 1. The number of hydrogen-bond acceptors (Lipinski definition) is 3. The van der Waals surface area contributed by atoms with Gasteiger partial charge in [-0.15, -0.1) is 0 Å². The number of nitrogens with one attached hydrogen (secondary N) is 2. The lowest BCUT2D eigenvalue weighted by Gasteiger charge is -2.36. The minimum Gasteiger partial charge on any atom is -0.494 e. The number of rotatable bonds is 7. The van der Waals surface area contributed by atoms with E-state index < -0.39 is 5.60 Å². The summed E-state index contributed by atoms with van der Waals surface area (Å²) in [5.41, 5.74) is -0.673. The Morgan fingerprint density at radius 2 is 2.00 bits per heavy atom. The molecule has 0 radical (unpaired) electrons. The van der Waals surface area contributed by atoms with Gasteiger partial charge in [-0.25, -0.2) is 4.79 Å². The SMILES string of the molecule is O=C(NCCCOc1ccccc1)NCC1(O)CCC1. The summed E-state index contributed by atoms with van der Waals surface area (Å²) in [7, 11) is 0. The van der Waals surface area contributed by atoms with Gasteiger partial charge in [0.2, 0.25) is 0 Å². The molecule has 0 heterocycles. The van der Waals surface area contributed by atoms with E-state index in [1.54, 1.807) is 0 Å². The molecule has 2 amide bonds. The standard InChI is InChI=1S/C15H22N2O3/c18-14(17-12-15(19)8-4-9-15)16-10-5-11-20-13-6-2-1-3-7-13/h1-3,6-7,19H,4-5,8-12H2,(H2,16,17,18). The monoisotopic (exact) mass is 278 g/mol. The first-order chi connectivity index (χ1) is 9.68. The minimum absolute atomic E-state index is 0.231. The molecule has 110 valence electrons. The summed E-state index contributed by atoms with van der Waals surface area (Å²) in [6, 6.07) is 9.36. The maximum absolute atomic E-state index is 11.5. The number of aliphatic hydroxyl groups is 1. The van der Waals surface area contributed by atoms with Crippen molar-refractivity contribution in [2.45, 2.75) is 31.3 Å². The van der Waals surface area contributed by atoms with E-state index >= 15 is 0 Å². The van der Waals surface area contributed by atoms with Crippen molar-refractivity contribution in [2.75, 3.05) is 19.7 Å². The van der Waals surface area contributed by atoms with Gasteiger partial charge in [0.05, 0.1) is 12.2 Å². The molecule has 0 atom stereocenters. The van der Waals surface area contributed by atoms with Crippen LogP contribution in [0.4, 0.5) is 4.79 Å². The highest BCUT2D eigenvalue weighted by molar-refractivity contribution is 5.73. The molecule has 0 aromatic heterocycles. The Labute approximate surface area is 119 Å². The van der Waals surface area contributed by atoms with Gasteiger partial charge < -0.3 is 20.5 Å². The molecule has 0 unspecified atom stereocenters. The molecule has 1 aliphatic carbocycles. The maximum Gasteiger partial charge on any atom is 0.314 e. The van der Waals surface area contributed by atoms with E-state index in [1.807, 2.05) is 30.3 Å². The van der Waals surface area contributed by atoms with Gasteiger partial charge in [0.25, 0.3) is 0 Å². The molecule has 1 aliphatic rings. The number of benzene rings is 1. The largest absolute Gasteiger partial charge is 0.494 e. The molecule has 1 saturated carbocycles. The number of urea groups is 1. The molecule has 1 aromatic carbocycles. The van der Waals surface area contributed by atoms with Crippen molar-refractivity contribution in [1.29, 1.82) is 0 Å². The van der Waals surface area contributed by atoms with E-state index in [0.29, 0.717) is 19.7 Å². The van der Waals surface area contributed by atoms with Gasteiger partial charge in [-0.2, -0.15) is 0 Å². The maximum atomic E-state index is 11.5. The lowest BCUT2D eigenvalue weighted by molar-refractivity contribution is -0.0290. The summed E-state index contributed by atoms with van der Waals surface area (Å²) in [5, 5.41) is 15.3. The van der Waals surface area contributed by atoms with E-state index in [0.717, 1.165) is 31.4 Å². The van der Waals surface area contributed by atoms with Crippen LogP contribution < -0.4 is 15.4 Å². The lowest BCUT2D eigenvalue weighted by Crippen LogP contribution is -2.50. The highest BCUT2D eigenvalue weighted by Gasteiger charge is 2.34. The van der Waals surface area contributed by atoms with Gasteiger partial charge >= 0.3 is 6.03 Å². The third-order valence-electron chi connectivity index (χ3n) is 3.48. The lowest BCUT2D eigenvalue weighted by atomic mass is 9.80. The zero-order valence-electron chi connectivity index (χ0n) is 11.6. The van der Waals surface area contributed by atoms with Crippen LogP contribution in [0.1, 0.15) is 25.7 Å². The van der Waals surface area contributed by atoms with Crippen LogP contribution in [0.15, 0.2) is 30.3 Å². The van der Waals surface area contributed by atoms with Crippen LogP contribution in [0, 0.1) is 0 Å². The zero-order valence-corrected chi connectivity index (χ0v) is 11.6. The van der Waals surface area contributed by atoms with Gasteiger partial charge in [-0.3, -0.25) is 0 Å². The molecule has 3 N–H and O–H groups in total. The summed E-state index contributed by atoms with van der Waals surface area (Å²) in [6.45, 7) is 1.45. The molecule has 1 aromatic rings. The molecule has 1 fully saturated rings. The third kappa shape index (κ3) is 4.74. The molecule has 20 heavy (non-hydrogen) atoms. The average molecular weight is 278 g/mol. The number of carbonyl (C=O) groups excluding carboxylic acids is 1. The van der Waals surface area contributed by atoms with Crippen LogP contribution in [0.2, 0.25) is 0 Å². The van der Waals surface area contributed by atoms with E-state index in [9.17, 15) is 9.90 Å². The summed E-state index contributed by atoms with van der Waals surface area (Å²) >= 11 is 0. The van der Waals surface area contributed by atoms with Crippen molar-refractivity contribution in [3.8, 4) is 5.75 Å². The fourth-order valence-corrected chi connectivity index (χ4v) is 2.05. The molecule has 0 aliphatic heterocycles. The second kappa shape index (κ2) is 7.14. The fraction of sp³-hybridized carbons (Fsp3) is 0.533. The first kappa shape index (κ1) is 14.7. The van der Waals surface area contributed by atoms with Crippen molar-refractivity contribution >= 4 is 6.03 Å². The summed E-state index contributed by atoms with van der Waals surface area (Å²) in [4.78, 5) is 11.5. The van der Waals surface area contributed by atoms with Crippen LogP contribution in [0.3, 0.4) is 0 Å². The highest BCUT2D eigenvalue weighted by atomic mass is 16.5. The van der Waals surface area contributed by atoms with Gasteiger partial charge in [0.15, 0.2) is 0 Å². The predicted molar refractivity (Wildman–Crippen MR) is 76.8 cm³/mol. The van der Waals surface area contributed by atoms with Crippen molar-refractivity contribution < 1.29 is 14.6 Å². The number of carbonyl (C=O) groups is 1. The summed E-state index contributed by atoms with van der Waals surface area (Å²) in [6.07, 6.45) is 3.33. The Hall–Kier alpha value is -1.75. The molecule has 0 spiro atoms. The molecule has 2 rings (SSSR count). The van der Waals surface area contributed by atoms with Crippen molar-refractivity contribution in [3.63, 3.8) is 0 Å². The van der Waals surface area contributed by atoms with E-state index in [4.69, 9.17) is 4.74 Å². The number of hydrogen-bond donors (Lipinski definition) is 3. The fourth-order valence-electron chi connectivity index (χ4n) is 2.05. The molecule has 0 bridgehead atoms. The quantitative estimate of drug-likeness (QED) is 0.664. The van der Waals surface area contributed by atoms with E-state index in [-0.39, 0.29) is 6.03 Å². The topological polar surface area (TPSA) is 70.6 Å². The van der Waals surface area contributed by atoms with Gasteiger partial charge in [-0.1, -0.05) is 18.2 Å². The van der Waals surface area contributed by atoms with Crippen LogP contribution in [0.5, 0.6) is 5.75 Å². The minimum atomic E-state index is -0.673. The van der Waals surface area contributed by atoms with Crippen molar-refractivity contribution in [1.82, 2.24) is 10.6 Å². The van der Waals surface area contributed by atoms with Crippen LogP contribution in [0.25, 0.3) is 0 Å². The first-order valence-electron chi connectivity index (χ1n) is 7.10. The van der Waals surface area contributed by atoms with E-state index in [2.05, 4.69) is 10.6 Å². The summed E-state index contributed by atoms with van der Waals surface area (Å²) in [5.74, 6) is 0.837. The van der Waals surface area contributed by atoms with Crippen molar-refractivity contribution in [2.24, 2.45) is 0 Å².